The first-order valence-electron chi connectivity index (χ1n) is 8.92. The molecule has 0 unspecified atom stereocenters. The summed E-state index contributed by atoms with van der Waals surface area (Å²) >= 11 is 0. The number of hydrogen-bond donors (Lipinski definition) is 1. The lowest BCUT2D eigenvalue weighted by molar-refractivity contribution is -0.176. The first-order valence-corrected chi connectivity index (χ1v) is 8.92. The third kappa shape index (κ3) is 6.46. The van der Waals surface area contributed by atoms with Gasteiger partial charge in [0.15, 0.2) is 5.82 Å². The summed E-state index contributed by atoms with van der Waals surface area (Å²) in [4.78, 5) is 12.4. The fourth-order valence-corrected chi connectivity index (χ4v) is 2.79. The van der Waals surface area contributed by atoms with Gasteiger partial charge in [-0.3, -0.25) is 9.48 Å². The molecule has 1 heterocycles. The van der Waals surface area contributed by atoms with E-state index in [0.717, 1.165) is 11.1 Å². The van der Waals surface area contributed by atoms with Gasteiger partial charge in [0.1, 0.15) is 6.61 Å². The molecular formula is C21H20F3N3O2. The zero-order valence-corrected chi connectivity index (χ0v) is 15.7. The molecule has 5 nitrogen and oxygen atoms in total. The second kappa shape index (κ2) is 8.91. The number of nitrogens with zero attached hydrogens (tertiary/aromatic N) is 2. The van der Waals surface area contributed by atoms with Crippen LogP contribution in [0.5, 0.6) is 0 Å². The van der Waals surface area contributed by atoms with Crippen molar-refractivity contribution in [3.8, 4) is 0 Å². The average molecular weight is 403 g/mol. The van der Waals surface area contributed by atoms with Crippen LogP contribution in [-0.2, 0) is 17.9 Å². The van der Waals surface area contributed by atoms with Crippen LogP contribution in [0.2, 0.25) is 0 Å². The second-order valence-corrected chi connectivity index (χ2v) is 6.65. The Labute approximate surface area is 166 Å². The molecule has 0 aliphatic carbocycles. The summed E-state index contributed by atoms with van der Waals surface area (Å²) in [6.45, 7) is 1.03. The van der Waals surface area contributed by atoms with E-state index in [1.165, 1.54) is 6.07 Å². The number of halogens is 3. The fraction of sp³-hybridized carbons (Fsp3) is 0.238. The van der Waals surface area contributed by atoms with Crippen molar-refractivity contribution < 1.29 is 22.7 Å². The Kier molecular flexibility index (Phi) is 6.33. The number of aryl methyl sites for hydroxylation is 1. The van der Waals surface area contributed by atoms with Crippen LogP contribution in [0.1, 0.15) is 27.0 Å². The number of alkyl halides is 3. The third-order valence-corrected chi connectivity index (χ3v) is 4.03. The van der Waals surface area contributed by atoms with Gasteiger partial charge in [-0.15, -0.1) is 0 Å². The van der Waals surface area contributed by atoms with Crippen LogP contribution in [0.4, 0.5) is 19.0 Å². The van der Waals surface area contributed by atoms with Gasteiger partial charge in [-0.2, -0.15) is 18.3 Å². The number of anilines is 1. The largest absolute Gasteiger partial charge is 0.411 e. The van der Waals surface area contributed by atoms with Crippen molar-refractivity contribution in [1.82, 2.24) is 9.78 Å². The normalized spacial score (nSPS) is 11.4. The third-order valence-electron chi connectivity index (χ3n) is 4.03. The number of rotatable bonds is 7. The molecule has 29 heavy (non-hydrogen) atoms. The van der Waals surface area contributed by atoms with Gasteiger partial charge in [0, 0.05) is 17.8 Å². The molecule has 0 saturated heterocycles. The highest BCUT2D eigenvalue weighted by molar-refractivity contribution is 6.03. The van der Waals surface area contributed by atoms with Gasteiger partial charge in [0.2, 0.25) is 0 Å². The number of carbonyl (C=O) groups excluding carboxylic acids is 1. The maximum atomic E-state index is 12.4. The maximum absolute atomic E-state index is 12.4. The number of amides is 1. The summed E-state index contributed by atoms with van der Waals surface area (Å²) in [5, 5.41) is 7.03. The number of carbonyl (C=O) groups is 1. The molecule has 0 spiro atoms. The van der Waals surface area contributed by atoms with E-state index in [0.29, 0.717) is 23.5 Å². The first-order chi connectivity index (χ1) is 13.8. The Hall–Kier alpha value is -3.13. The molecule has 0 fully saturated rings. The number of benzene rings is 2. The van der Waals surface area contributed by atoms with E-state index in [4.69, 9.17) is 0 Å². The molecular weight excluding hydrogens is 383 g/mol. The zero-order chi connectivity index (χ0) is 20.9. The van der Waals surface area contributed by atoms with Crippen molar-refractivity contribution in [2.24, 2.45) is 0 Å². The molecule has 0 aliphatic heterocycles. The minimum atomic E-state index is -4.38. The summed E-state index contributed by atoms with van der Waals surface area (Å²) in [6.07, 6.45) is -2.62. The molecule has 1 amide bonds. The summed E-state index contributed by atoms with van der Waals surface area (Å²) in [7, 11) is 0. The Morgan fingerprint density at radius 3 is 2.62 bits per heavy atom. The Balaban J connectivity index is 1.59. The van der Waals surface area contributed by atoms with Gasteiger partial charge in [0.25, 0.3) is 5.91 Å². The lowest BCUT2D eigenvalue weighted by atomic mass is 10.1. The minimum absolute atomic E-state index is 0.230. The second-order valence-electron chi connectivity index (χ2n) is 6.65. The van der Waals surface area contributed by atoms with Crippen LogP contribution in [0.25, 0.3) is 0 Å². The summed E-state index contributed by atoms with van der Waals surface area (Å²) in [5.74, 6) is -0.00939. The van der Waals surface area contributed by atoms with Crippen LogP contribution in [-0.4, -0.2) is 28.5 Å². The van der Waals surface area contributed by atoms with Crippen molar-refractivity contribution in [2.75, 3.05) is 11.9 Å². The van der Waals surface area contributed by atoms with Gasteiger partial charge in [-0.1, -0.05) is 42.0 Å². The number of aromatic nitrogens is 2. The van der Waals surface area contributed by atoms with E-state index in [1.54, 1.807) is 35.1 Å². The summed E-state index contributed by atoms with van der Waals surface area (Å²) in [5.41, 5.74) is 3.04. The number of nitrogens with one attached hydrogen (secondary N) is 1. The highest BCUT2D eigenvalue weighted by Crippen LogP contribution is 2.16. The molecule has 2 aromatic carbocycles. The van der Waals surface area contributed by atoms with E-state index in [-0.39, 0.29) is 6.61 Å². The Morgan fingerprint density at radius 2 is 1.86 bits per heavy atom. The van der Waals surface area contributed by atoms with E-state index in [1.807, 2.05) is 25.1 Å². The van der Waals surface area contributed by atoms with Gasteiger partial charge < -0.3 is 10.1 Å². The molecule has 1 aromatic heterocycles. The van der Waals surface area contributed by atoms with Crippen LogP contribution in [0.3, 0.4) is 0 Å². The fourth-order valence-electron chi connectivity index (χ4n) is 2.79. The van der Waals surface area contributed by atoms with Crippen molar-refractivity contribution in [1.29, 1.82) is 0 Å². The van der Waals surface area contributed by atoms with Gasteiger partial charge in [-0.05, 0) is 30.2 Å². The zero-order valence-electron chi connectivity index (χ0n) is 15.7. The van der Waals surface area contributed by atoms with Gasteiger partial charge in [0.05, 0.1) is 13.2 Å². The lowest BCUT2D eigenvalue weighted by Gasteiger charge is -2.09. The quantitative estimate of drug-likeness (QED) is 0.629. The maximum Gasteiger partial charge on any atom is 0.411 e. The molecule has 0 atom stereocenters. The van der Waals surface area contributed by atoms with Crippen molar-refractivity contribution >= 4 is 11.7 Å². The van der Waals surface area contributed by atoms with E-state index < -0.39 is 18.7 Å². The summed E-state index contributed by atoms with van der Waals surface area (Å²) in [6, 6.07) is 16.0. The minimum Gasteiger partial charge on any atom is -0.367 e. The smallest absolute Gasteiger partial charge is 0.367 e. The SMILES string of the molecule is Cc1cccc(Cn2ccc(NC(=O)c3cccc(COCC(F)(F)F)c3)n2)c1. The number of hydrogen-bond acceptors (Lipinski definition) is 3. The highest BCUT2D eigenvalue weighted by Gasteiger charge is 2.27. The molecule has 3 rings (SSSR count). The monoisotopic (exact) mass is 403 g/mol. The average Bonchev–Trinajstić information content (AvgIpc) is 3.07. The standard InChI is InChI=1S/C21H20F3N3O2/c1-15-4-2-5-16(10-15)12-27-9-8-19(26-27)25-20(28)18-7-3-6-17(11-18)13-29-14-21(22,23)24/h2-11H,12-14H2,1H3,(H,25,26,28). The molecule has 0 saturated carbocycles. The molecule has 1 N–H and O–H groups in total. The lowest BCUT2D eigenvalue weighted by Crippen LogP contribution is -2.17. The first kappa shape index (κ1) is 20.6. The van der Waals surface area contributed by atoms with Gasteiger partial charge in [-0.25, -0.2) is 0 Å². The van der Waals surface area contributed by atoms with Crippen LogP contribution in [0.15, 0.2) is 60.8 Å². The van der Waals surface area contributed by atoms with Crippen LogP contribution in [0, 0.1) is 6.92 Å². The van der Waals surface area contributed by atoms with Crippen molar-refractivity contribution in [3.05, 3.63) is 83.0 Å². The van der Waals surface area contributed by atoms with E-state index in [9.17, 15) is 18.0 Å². The summed E-state index contributed by atoms with van der Waals surface area (Å²) < 4.78 is 42.9. The Morgan fingerprint density at radius 1 is 1.10 bits per heavy atom. The molecule has 0 bridgehead atoms. The van der Waals surface area contributed by atoms with E-state index in [2.05, 4.69) is 21.2 Å². The van der Waals surface area contributed by atoms with Crippen LogP contribution >= 0.6 is 0 Å². The molecule has 8 heteroatoms. The molecule has 0 radical (unpaired) electrons. The van der Waals surface area contributed by atoms with Crippen molar-refractivity contribution in [2.45, 2.75) is 26.3 Å². The predicted octanol–water partition coefficient (Wildman–Crippen LogP) is 4.57. The van der Waals surface area contributed by atoms with Gasteiger partial charge >= 0.3 is 6.18 Å². The van der Waals surface area contributed by atoms with E-state index >= 15 is 0 Å². The van der Waals surface area contributed by atoms with Crippen LogP contribution < -0.4 is 5.32 Å². The molecule has 3 aromatic rings. The number of ether oxygens (including phenoxy) is 1. The molecule has 152 valence electrons. The predicted molar refractivity (Wildman–Crippen MR) is 103 cm³/mol. The topological polar surface area (TPSA) is 56.2 Å². The molecule has 0 aliphatic rings. The van der Waals surface area contributed by atoms with Crippen molar-refractivity contribution in [3.63, 3.8) is 0 Å². The highest BCUT2D eigenvalue weighted by atomic mass is 19.4. The Bertz CT molecular complexity index is 983.